The van der Waals surface area contributed by atoms with Crippen molar-refractivity contribution in [2.75, 3.05) is 32.6 Å². The SMILES string of the molecule is CCNC(=O)Nc1ccc2c(c1)CN(CCc1ccc(OC)c(OC)c1)C(=O)C(C)O2. The Kier molecular flexibility index (Phi) is 7.23. The first-order valence-electron chi connectivity index (χ1n) is 10.3. The largest absolute Gasteiger partial charge is 0.493 e. The van der Waals surface area contributed by atoms with Gasteiger partial charge in [0.1, 0.15) is 5.75 Å². The molecule has 2 N–H and O–H groups in total. The van der Waals surface area contributed by atoms with Gasteiger partial charge >= 0.3 is 6.03 Å². The van der Waals surface area contributed by atoms with Gasteiger partial charge in [0.05, 0.1) is 14.2 Å². The van der Waals surface area contributed by atoms with E-state index in [9.17, 15) is 9.59 Å². The summed E-state index contributed by atoms with van der Waals surface area (Å²) in [5.74, 6) is 1.90. The molecule has 2 aromatic carbocycles. The summed E-state index contributed by atoms with van der Waals surface area (Å²) in [5.41, 5.74) is 2.53. The molecule has 0 aromatic heterocycles. The lowest BCUT2D eigenvalue weighted by Crippen LogP contribution is -2.39. The second kappa shape index (κ2) is 10.1. The highest BCUT2D eigenvalue weighted by molar-refractivity contribution is 5.89. The number of amides is 3. The van der Waals surface area contributed by atoms with Crippen molar-refractivity contribution < 1.29 is 23.8 Å². The summed E-state index contributed by atoms with van der Waals surface area (Å²) in [7, 11) is 3.20. The van der Waals surface area contributed by atoms with Gasteiger partial charge in [0.25, 0.3) is 5.91 Å². The number of anilines is 1. The number of ether oxygens (including phenoxy) is 3. The molecule has 166 valence electrons. The predicted octanol–water partition coefficient (Wildman–Crippen LogP) is 3.20. The van der Waals surface area contributed by atoms with E-state index in [0.29, 0.717) is 49.0 Å². The van der Waals surface area contributed by atoms with Crippen molar-refractivity contribution in [2.45, 2.75) is 32.9 Å². The fourth-order valence-electron chi connectivity index (χ4n) is 3.50. The molecule has 1 atom stereocenters. The molecular weight excluding hydrogens is 398 g/mol. The highest BCUT2D eigenvalue weighted by Gasteiger charge is 2.28. The number of fused-ring (bicyclic) bond motifs is 1. The topological polar surface area (TPSA) is 89.1 Å². The van der Waals surface area contributed by atoms with Gasteiger partial charge in [0.2, 0.25) is 0 Å². The molecule has 1 unspecified atom stereocenters. The summed E-state index contributed by atoms with van der Waals surface area (Å²) in [6.45, 7) is 5.07. The van der Waals surface area contributed by atoms with E-state index in [-0.39, 0.29) is 11.9 Å². The van der Waals surface area contributed by atoms with Crippen molar-refractivity contribution in [3.63, 3.8) is 0 Å². The average Bonchev–Trinajstić information content (AvgIpc) is 2.88. The molecule has 0 bridgehead atoms. The third-order valence-corrected chi connectivity index (χ3v) is 5.10. The number of urea groups is 1. The summed E-state index contributed by atoms with van der Waals surface area (Å²) in [6.07, 6.45) is 0.0687. The fraction of sp³-hybridized carbons (Fsp3) is 0.391. The Hall–Kier alpha value is -3.42. The molecule has 0 radical (unpaired) electrons. The number of hydrogen-bond donors (Lipinski definition) is 2. The maximum absolute atomic E-state index is 12.9. The van der Waals surface area contributed by atoms with Gasteiger partial charge in [-0.05, 0) is 56.2 Å². The van der Waals surface area contributed by atoms with Crippen LogP contribution in [0.2, 0.25) is 0 Å². The molecule has 8 nitrogen and oxygen atoms in total. The van der Waals surface area contributed by atoms with Crippen molar-refractivity contribution >= 4 is 17.6 Å². The zero-order valence-electron chi connectivity index (χ0n) is 18.4. The van der Waals surface area contributed by atoms with Crippen LogP contribution in [0.4, 0.5) is 10.5 Å². The van der Waals surface area contributed by atoms with Gasteiger partial charge in [-0.3, -0.25) is 4.79 Å². The van der Waals surface area contributed by atoms with Gasteiger partial charge in [-0.1, -0.05) is 6.07 Å². The molecule has 1 heterocycles. The first-order valence-corrected chi connectivity index (χ1v) is 10.3. The van der Waals surface area contributed by atoms with Crippen molar-refractivity contribution in [3.05, 3.63) is 47.5 Å². The third-order valence-electron chi connectivity index (χ3n) is 5.10. The first-order chi connectivity index (χ1) is 14.9. The lowest BCUT2D eigenvalue weighted by atomic mass is 10.1. The van der Waals surface area contributed by atoms with E-state index in [1.807, 2.05) is 31.2 Å². The van der Waals surface area contributed by atoms with Crippen LogP contribution in [0.25, 0.3) is 0 Å². The lowest BCUT2D eigenvalue weighted by Gasteiger charge is -2.22. The van der Waals surface area contributed by atoms with E-state index >= 15 is 0 Å². The Bertz CT molecular complexity index is 947. The minimum atomic E-state index is -0.589. The Balaban J connectivity index is 1.76. The highest BCUT2D eigenvalue weighted by Crippen LogP contribution is 2.30. The summed E-state index contributed by atoms with van der Waals surface area (Å²) < 4.78 is 16.5. The van der Waals surface area contributed by atoms with E-state index < -0.39 is 6.10 Å². The molecule has 3 amide bonds. The number of nitrogens with zero attached hydrogens (tertiary/aromatic N) is 1. The molecule has 2 aromatic rings. The molecule has 0 fully saturated rings. The standard InChI is InChI=1S/C23H29N3O5/c1-5-24-23(28)25-18-7-9-19-17(13-18)14-26(22(27)15(2)31-19)11-10-16-6-8-20(29-3)21(12-16)30-4/h6-9,12-13,15H,5,10-11,14H2,1-4H3,(H2,24,25,28). The summed E-state index contributed by atoms with van der Waals surface area (Å²) in [6, 6.07) is 10.9. The van der Waals surface area contributed by atoms with Crippen molar-refractivity contribution in [3.8, 4) is 17.2 Å². The molecule has 31 heavy (non-hydrogen) atoms. The zero-order valence-corrected chi connectivity index (χ0v) is 18.4. The van der Waals surface area contributed by atoms with Crippen LogP contribution < -0.4 is 24.8 Å². The Morgan fingerprint density at radius 2 is 1.94 bits per heavy atom. The maximum Gasteiger partial charge on any atom is 0.319 e. The van der Waals surface area contributed by atoms with Gasteiger partial charge < -0.3 is 29.7 Å². The van der Waals surface area contributed by atoms with Gasteiger partial charge in [-0.2, -0.15) is 0 Å². The number of benzene rings is 2. The normalized spacial score (nSPS) is 15.4. The molecular formula is C23H29N3O5. The number of nitrogens with one attached hydrogen (secondary N) is 2. The molecule has 8 heteroatoms. The van der Waals surface area contributed by atoms with Crippen LogP contribution in [0.15, 0.2) is 36.4 Å². The van der Waals surface area contributed by atoms with Crippen LogP contribution in [0.1, 0.15) is 25.0 Å². The number of hydrogen-bond acceptors (Lipinski definition) is 5. The first kappa shape index (κ1) is 22.3. The van der Waals surface area contributed by atoms with E-state index in [2.05, 4.69) is 10.6 Å². The minimum absolute atomic E-state index is 0.0742. The van der Waals surface area contributed by atoms with Gasteiger partial charge in [-0.15, -0.1) is 0 Å². The second-order valence-corrected chi connectivity index (χ2v) is 7.27. The molecule has 0 spiro atoms. The van der Waals surface area contributed by atoms with E-state index in [4.69, 9.17) is 14.2 Å². The molecule has 0 saturated heterocycles. The quantitative estimate of drug-likeness (QED) is 0.708. The van der Waals surface area contributed by atoms with Crippen molar-refractivity contribution in [2.24, 2.45) is 0 Å². The highest BCUT2D eigenvalue weighted by atomic mass is 16.5. The summed E-state index contributed by atoms with van der Waals surface area (Å²) >= 11 is 0. The van der Waals surface area contributed by atoms with E-state index in [1.54, 1.807) is 38.2 Å². The number of rotatable bonds is 7. The van der Waals surface area contributed by atoms with Crippen LogP contribution in [-0.2, 0) is 17.8 Å². The zero-order chi connectivity index (χ0) is 22.4. The number of carbonyl (C=O) groups excluding carboxylic acids is 2. The molecule has 1 aliphatic heterocycles. The number of carbonyl (C=O) groups is 2. The van der Waals surface area contributed by atoms with Crippen molar-refractivity contribution in [1.82, 2.24) is 10.2 Å². The van der Waals surface area contributed by atoms with Crippen LogP contribution in [0.5, 0.6) is 17.2 Å². The lowest BCUT2D eigenvalue weighted by molar-refractivity contribution is -0.137. The molecule has 1 aliphatic rings. The third kappa shape index (κ3) is 5.39. The number of methoxy groups -OCH3 is 2. The van der Waals surface area contributed by atoms with E-state index in [0.717, 1.165) is 11.1 Å². The molecule has 3 rings (SSSR count). The fourth-order valence-corrected chi connectivity index (χ4v) is 3.50. The Morgan fingerprint density at radius 3 is 2.65 bits per heavy atom. The monoisotopic (exact) mass is 427 g/mol. The van der Waals surface area contributed by atoms with Gasteiger partial charge in [-0.25, -0.2) is 4.79 Å². The average molecular weight is 428 g/mol. The predicted molar refractivity (Wildman–Crippen MR) is 118 cm³/mol. The van der Waals surface area contributed by atoms with Crippen LogP contribution in [0.3, 0.4) is 0 Å². The van der Waals surface area contributed by atoms with Gasteiger partial charge in [0, 0.05) is 30.9 Å². The van der Waals surface area contributed by atoms with Crippen molar-refractivity contribution in [1.29, 1.82) is 0 Å². The second-order valence-electron chi connectivity index (χ2n) is 7.27. The van der Waals surface area contributed by atoms with E-state index in [1.165, 1.54) is 0 Å². The molecule has 0 saturated carbocycles. The molecule has 0 aliphatic carbocycles. The van der Waals surface area contributed by atoms with Crippen LogP contribution >= 0.6 is 0 Å². The van der Waals surface area contributed by atoms with Gasteiger partial charge in [0.15, 0.2) is 17.6 Å². The Morgan fingerprint density at radius 1 is 1.16 bits per heavy atom. The summed E-state index contributed by atoms with van der Waals surface area (Å²) in [4.78, 5) is 26.5. The maximum atomic E-state index is 12.9. The Labute approximate surface area is 182 Å². The minimum Gasteiger partial charge on any atom is -0.493 e. The summed E-state index contributed by atoms with van der Waals surface area (Å²) in [5, 5.41) is 5.50. The van der Waals surface area contributed by atoms with Crippen LogP contribution in [0, 0.1) is 0 Å². The van der Waals surface area contributed by atoms with Crippen LogP contribution in [-0.4, -0.2) is 50.3 Å². The smallest absolute Gasteiger partial charge is 0.319 e.